The molecule has 0 aliphatic rings. The summed E-state index contributed by atoms with van der Waals surface area (Å²) >= 11 is 0. The Morgan fingerprint density at radius 3 is 2.53 bits per heavy atom. The van der Waals surface area contributed by atoms with E-state index in [0.717, 1.165) is 19.5 Å². The summed E-state index contributed by atoms with van der Waals surface area (Å²) in [6.45, 7) is 10.3. The largest absolute Gasteiger partial charge is 0.316 e. The zero-order valence-corrected chi connectivity index (χ0v) is 12.4. The first-order valence-electron chi connectivity index (χ1n) is 7.01. The highest BCUT2D eigenvalue weighted by atomic mass is 19.2. The molecule has 1 atom stereocenters. The maximum Gasteiger partial charge on any atom is 0.162 e. The van der Waals surface area contributed by atoms with Crippen molar-refractivity contribution < 1.29 is 8.78 Å². The molecular weight excluding hydrogens is 244 g/mol. The van der Waals surface area contributed by atoms with Crippen molar-refractivity contribution in [1.29, 1.82) is 0 Å². The number of halogens is 2. The van der Waals surface area contributed by atoms with Crippen molar-refractivity contribution in [2.75, 3.05) is 13.1 Å². The lowest BCUT2D eigenvalue weighted by molar-refractivity contribution is 0.280. The first kappa shape index (κ1) is 16.1. The second-order valence-corrected chi connectivity index (χ2v) is 6.08. The molecule has 0 radical (unpaired) electrons. The fraction of sp³-hybridized carbons (Fsp3) is 0.625. The molecule has 1 aromatic carbocycles. The predicted octanol–water partition coefficient (Wildman–Crippen LogP) is 4.17. The van der Waals surface area contributed by atoms with Gasteiger partial charge in [-0.05, 0) is 42.3 Å². The van der Waals surface area contributed by atoms with E-state index in [9.17, 15) is 8.78 Å². The van der Waals surface area contributed by atoms with Crippen LogP contribution in [0.25, 0.3) is 0 Å². The van der Waals surface area contributed by atoms with Crippen molar-refractivity contribution in [2.45, 2.75) is 40.5 Å². The van der Waals surface area contributed by atoms with E-state index in [-0.39, 0.29) is 5.41 Å². The molecule has 0 saturated heterocycles. The highest BCUT2D eigenvalue weighted by Crippen LogP contribution is 2.27. The van der Waals surface area contributed by atoms with Crippen molar-refractivity contribution >= 4 is 0 Å². The van der Waals surface area contributed by atoms with E-state index in [1.54, 1.807) is 12.1 Å². The zero-order chi connectivity index (χ0) is 14.5. The molecule has 1 aromatic rings. The minimum atomic E-state index is -0.758. The van der Waals surface area contributed by atoms with Gasteiger partial charge in [-0.3, -0.25) is 0 Å². The van der Waals surface area contributed by atoms with E-state index < -0.39 is 11.6 Å². The highest BCUT2D eigenvalue weighted by Gasteiger charge is 2.24. The van der Waals surface area contributed by atoms with Crippen LogP contribution in [0, 0.1) is 23.0 Å². The zero-order valence-electron chi connectivity index (χ0n) is 12.4. The molecule has 1 rings (SSSR count). The average molecular weight is 269 g/mol. The van der Waals surface area contributed by atoms with Gasteiger partial charge in [0.25, 0.3) is 0 Å². The Labute approximate surface area is 115 Å². The topological polar surface area (TPSA) is 12.0 Å². The van der Waals surface area contributed by atoms with Gasteiger partial charge in [-0.1, -0.05) is 39.8 Å². The number of hydrogen-bond acceptors (Lipinski definition) is 1. The van der Waals surface area contributed by atoms with Gasteiger partial charge in [-0.15, -0.1) is 0 Å². The van der Waals surface area contributed by atoms with Crippen molar-refractivity contribution in [3.63, 3.8) is 0 Å². The molecule has 0 amide bonds. The maximum atomic E-state index is 13.7. The molecule has 0 bridgehead atoms. The van der Waals surface area contributed by atoms with Gasteiger partial charge in [0.2, 0.25) is 0 Å². The molecule has 0 spiro atoms. The van der Waals surface area contributed by atoms with Crippen molar-refractivity contribution in [3.8, 4) is 0 Å². The summed E-state index contributed by atoms with van der Waals surface area (Å²) in [6.07, 6.45) is 1.48. The summed E-state index contributed by atoms with van der Waals surface area (Å²) in [5, 5.41) is 3.41. The van der Waals surface area contributed by atoms with Crippen molar-refractivity contribution in [3.05, 3.63) is 35.4 Å². The first-order valence-corrected chi connectivity index (χ1v) is 7.01. The van der Waals surface area contributed by atoms with Crippen LogP contribution < -0.4 is 5.32 Å². The molecule has 19 heavy (non-hydrogen) atoms. The molecule has 1 N–H and O–H groups in total. The lowest BCUT2D eigenvalue weighted by Crippen LogP contribution is -2.35. The third kappa shape index (κ3) is 4.90. The summed E-state index contributed by atoms with van der Waals surface area (Å²) in [5.41, 5.74) is 0.416. The van der Waals surface area contributed by atoms with Gasteiger partial charge in [0.1, 0.15) is 0 Å². The van der Waals surface area contributed by atoms with Crippen molar-refractivity contribution in [2.24, 2.45) is 11.3 Å². The lowest BCUT2D eigenvalue weighted by Gasteiger charge is -2.29. The minimum absolute atomic E-state index is 0.0521. The summed E-state index contributed by atoms with van der Waals surface area (Å²) in [5.74, 6) is -0.871. The van der Waals surface area contributed by atoms with E-state index in [1.165, 1.54) is 6.07 Å². The number of nitrogens with one attached hydrogen (secondary N) is 1. The van der Waals surface area contributed by atoms with E-state index in [1.807, 2.05) is 0 Å². The SMILES string of the molecule is CCC(C)(CNCC(C)C)Cc1cccc(F)c1F. The van der Waals surface area contributed by atoms with Gasteiger partial charge in [0.15, 0.2) is 11.6 Å². The van der Waals surface area contributed by atoms with E-state index in [2.05, 4.69) is 33.0 Å². The van der Waals surface area contributed by atoms with Gasteiger partial charge >= 0.3 is 0 Å². The summed E-state index contributed by atoms with van der Waals surface area (Å²) < 4.78 is 26.9. The Morgan fingerprint density at radius 1 is 1.26 bits per heavy atom. The van der Waals surface area contributed by atoms with E-state index in [4.69, 9.17) is 0 Å². The molecule has 0 fully saturated rings. The summed E-state index contributed by atoms with van der Waals surface area (Å²) in [4.78, 5) is 0. The molecule has 0 saturated carbocycles. The van der Waals surface area contributed by atoms with Crippen LogP contribution >= 0.6 is 0 Å². The second-order valence-electron chi connectivity index (χ2n) is 6.08. The Morgan fingerprint density at radius 2 is 1.95 bits per heavy atom. The predicted molar refractivity (Wildman–Crippen MR) is 76.2 cm³/mol. The fourth-order valence-electron chi connectivity index (χ4n) is 2.12. The van der Waals surface area contributed by atoms with Gasteiger partial charge in [0, 0.05) is 6.54 Å². The van der Waals surface area contributed by atoms with Crippen LogP contribution in [0.5, 0.6) is 0 Å². The van der Waals surface area contributed by atoms with Crippen LogP contribution in [0.15, 0.2) is 18.2 Å². The highest BCUT2D eigenvalue weighted by molar-refractivity contribution is 5.20. The van der Waals surface area contributed by atoms with Crippen molar-refractivity contribution in [1.82, 2.24) is 5.32 Å². The molecule has 0 aliphatic heterocycles. The second kappa shape index (κ2) is 6.99. The van der Waals surface area contributed by atoms with E-state index in [0.29, 0.717) is 17.9 Å². The molecule has 0 aliphatic carbocycles. The number of benzene rings is 1. The molecule has 3 heteroatoms. The molecule has 1 nitrogen and oxygen atoms in total. The first-order chi connectivity index (χ1) is 8.88. The van der Waals surface area contributed by atoms with Gasteiger partial charge < -0.3 is 5.32 Å². The summed E-state index contributed by atoms with van der Waals surface area (Å²) in [7, 11) is 0. The Kier molecular flexibility index (Phi) is 5.92. The lowest BCUT2D eigenvalue weighted by atomic mass is 9.81. The number of hydrogen-bond donors (Lipinski definition) is 1. The summed E-state index contributed by atoms with van der Waals surface area (Å²) in [6, 6.07) is 4.42. The van der Waals surface area contributed by atoms with Crippen LogP contribution in [0.2, 0.25) is 0 Å². The molecule has 0 aromatic heterocycles. The third-order valence-corrected chi connectivity index (χ3v) is 3.61. The van der Waals surface area contributed by atoms with Crippen LogP contribution in [0.4, 0.5) is 8.78 Å². The van der Waals surface area contributed by atoms with Gasteiger partial charge in [0.05, 0.1) is 0 Å². The van der Waals surface area contributed by atoms with E-state index >= 15 is 0 Å². The molecule has 0 heterocycles. The number of rotatable bonds is 7. The van der Waals surface area contributed by atoms with Crippen LogP contribution in [-0.4, -0.2) is 13.1 Å². The van der Waals surface area contributed by atoms with Gasteiger partial charge in [-0.2, -0.15) is 0 Å². The maximum absolute atomic E-state index is 13.7. The Balaban J connectivity index is 2.71. The Hall–Kier alpha value is -0.960. The monoisotopic (exact) mass is 269 g/mol. The Bertz CT molecular complexity index is 404. The minimum Gasteiger partial charge on any atom is -0.316 e. The van der Waals surface area contributed by atoms with Crippen LogP contribution in [-0.2, 0) is 6.42 Å². The molecule has 108 valence electrons. The standard InChI is InChI=1S/C16H25F2N/c1-5-16(4,11-19-10-12(2)3)9-13-7-6-8-14(17)15(13)18/h6-8,12,19H,5,9-11H2,1-4H3. The smallest absolute Gasteiger partial charge is 0.162 e. The normalized spacial score (nSPS) is 14.7. The molecular formula is C16H25F2N. The van der Waals surface area contributed by atoms with Gasteiger partial charge in [-0.25, -0.2) is 8.78 Å². The van der Waals surface area contributed by atoms with Crippen LogP contribution in [0.1, 0.15) is 39.7 Å². The van der Waals surface area contributed by atoms with Crippen LogP contribution in [0.3, 0.4) is 0 Å². The quantitative estimate of drug-likeness (QED) is 0.783. The third-order valence-electron chi connectivity index (χ3n) is 3.61. The fourth-order valence-corrected chi connectivity index (χ4v) is 2.12. The average Bonchev–Trinajstić information content (AvgIpc) is 2.34. The molecule has 1 unspecified atom stereocenters.